The molecule has 2 amide bonds. The van der Waals surface area contributed by atoms with Crippen LogP contribution in [0.25, 0.3) is 10.4 Å². The van der Waals surface area contributed by atoms with E-state index in [1.807, 2.05) is 24.1 Å². The Kier molecular flexibility index (Phi) is 14.1. The van der Waals surface area contributed by atoms with E-state index in [2.05, 4.69) is 22.2 Å². The van der Waals surface area contributed by atoms with Gasteiger partial charge in [0, 0.05) is 29.9 Å². The fourth-order valence-corrected chi connectivity index (χ4v) is 4.59. The lowest BCUT2D eigenvalue weighted by molar-refractivity contribution is -0.121. The SMILES string of the molecule is CC.CC1CCCCN1C=O.Cc1nc(C(=O)NC(C)C(C)(C)O)sc1-c1cnc(NCC(F)(F)F)cc1C(F)F. The number of carbonyl (C=O) groups is 2. The van der Waals surface area contributed by atoms with Crippen molar-refractivity contribution >= 4 is 29.5 Å². The van der Waals surface area contributed by atoms with Gasteiger partial charge in [-0.3, -0.25) is 9.59 Å². The normalized spacial score (nSPS) is 16.1. The number of thiazole rings is 1. The molecule has 1 fully saturated rings. The van der Waals surface area contributed by atoms with Gasteiger partial charge in [-0.05, 0) is 59.9 Å². The molecule has 0 saturated carbocycles. The molecule has 2 aromatic heterocycles. The van der Waals surface area contributed by atoms with Crippen LogP contribution in [-0.4, -0.2) is 69.2 Å². The van der Waals surface area contributed by atoms with Gasteiger partial charge in [0.2, 0.25) is 6.41 Å². The first-order chi connectivity index (χ1) is 19.0. The number of anilines is 1. The molecular formula is C27H40F5N5O3S. The van der Waals surface area contributed by atoms with Crippen LogP contribution in [0, 0.1) is 6.92 Å². The molecule has 1 saturated heterocycles. The fraction of sp³-hybridized carbons (Fsp3) is 0.630. The monoisotopic (exact) mass is 609 g/mol. The van der Waals surface area contributed by atoms with Crippen molar-refractivity contribution in [3.8, 4) is 10.4 Å². The van der Waals surface area contributed by atoms with E-state index >= 15 is 0 Å². The summed E-state index contributed by atoms with van der Waals surface area (Å²) in [6.45, 7) is 11.8. The Bertz CT molecular complexity index is 1120. The predicted octanol–water partition coefficient (Wildman–Crippen LogP) is 6.36. The summed E-state index contributed by atoms with van der Waals surface area (Å²) < 4.78 is 64.2. The topological polar surface area (TPSA) is 107 Å². The number of pyridine rings is 1. The van der Waals surface area contributed by atoms with Crippen LogP contribution in [0.5, 0.6) is 0 Å². The summed E-state index contributed by atoms with van der Waals surface area (Å²) in [6, 6.07) is 0.729. The molecule has 2 aromatic rings. The summed E-state index contributed by atoms with van der Waals surface area (Å²) in [6.07, 6.45) is -1.87. The second-order valence-corrected chi connectivity index (χ2v) is 10.9. The van der Waals surface area contributed by atoms with E-state index in [1.165, 1.54) is 40.0 Å². The van der Waals surface area contributed by atoms with Crippen LogP contribution < -0.4 is 10.6 Å². The van der Waals surface area contributed by atoms with Crippen LogP contribution in [0.15, 0.2) is 12.3 Å². The molecule has 0 spiro atoms. The van der Waals surface area contributed by atoms with Gasteiger partial charge in [-0.2, -0.15) is 13.2 Å². The first-order valence-electron chi connectivity index (χ1n) is 13.3. The Morgan fingerprint density at radius 2 is 1.90 bits per heavy atom. The predicted molar refractivity (Wildman–Crippen MR) is 150 cm³/mol. The van der Waals surface area contributed by atoms with Crippen molar-refractivity contribution in [2.24, 2.45) is 0 Å². The third kappa shape index (κ3) is 11.5. The molecule has 2 unspecified atom stereocenters. The number of amides is 2. The molecule has 1 aliphatic heterocycles. The van der Waals surface area contributed by atoms with Crippen molar-refractivity contribution in [3.05, 3.63) is 28.5 Å². The number of alkyl halides is 5. The number of hydrogen-bond donors (Lipinski definition) is 3. The third-order valence-electron chi connectivity index (χ3n) is 6.27. The van der Waals surface area contributed by atoms with E-state index in [1.54, 1.807) is 6.92 Å². The van der Waals surface area contributed by atoms with Crippen molar-refractivity contribution in [1.82, 2.24) is 20.2 Å². The second-order valence-electron chi connectivity index (χ2n) is 9.90. The summed E-state index contributed by atoms with van der Waals surface area (Å²) in [5.74, 6) is -0.926. The zero-order chi connectivity index (χ0) is 31.5. The number of hydrogen-bond acceptors (Lipinski definition) is 7. The highest BCUT2D eigenvalue weighted by molar-refractivity contribution is 7.17. The summed E-state index contributed by atoms with van der Waals surface area (Å²) in [5.41, 5.74) is -1.44. The van der Waals surface area contributed by atoms with Gasteiger partial charge in [-0.15, -0.1) is 11.3 Å². The van der Waals surface area contributed by atoms with Crippen LogP contribution >= 0.6 is 11.3 Å². The molecule has 0 radical (unpaired) electrons. The summed E-state index contributed by atoms with van der Waals surface area (Å²) in [4.78, 5) is 32.7. The number of carbonyl (C=O) groups excluding carboxylic acids is 2. The van der Waals surface area contributed by atoms with Crippen LogP contribution in [0.1, 0.15) is 88.3 Å². The zero-order valence-corrected chi connectivity index (χ0v) is 25.2. The molecule has 14 heteroatoms. The summed E-state index contributed by atoms with van der Waals surface area (Å²) >= 11 is 0.850. The minimum absolute atomic E-state index is 0.00177. The molecule has 3 rings (SSSR count). The first-order valence-corrected chi connectivity index (χ1v) is 14.2. The zero-order valence-electron chi connectivity index (χ0n) is 24.4. The number of halogens is 5. The smallest absolute Gasteiger partial charge is 0.388 e. The van der Waals surface area contributed by atoms with Crippen molar-refractivity contribution in [2.45, 2.75) is 98.0 Å². The molecule has 1 aliphatic rings. The quantitative estimate of drug-likeness (QED) is 0.238. The average Bonchev–Trinajstić information content (AvgIpc) is 3.29. The van der Waals surface area contributed by atoms with Gasteiger partial charge < -0.3 is 20.6 Å². The summed E-state index contributed by atoms with van der Waals surface area (Å²) in [7, 11) is 0. The lowest BCUT2D eigenvalue weighted by Crippen LogP contribution is -2.47. The Hall–Kier alpha value is -2.87. The van der Waals surface area contributed by atoms with E-state index in [0.29, 0.717) is 11.7 Å². The van der Waals surface area contributed by atoms with E-state index in [-0.39, 0.29) is 21.3 Å². The molecule has 0 aliphatic carbocycles. The fourth-order valence-electron chi connectivity index (χ4n) is 3.58. The highest BCUT2D eigenvalue weighted by Gasteiger charge is 2.29. The van der Waals surface area contributed by atoms with Crippen molar-refractivity contribution in [3.63, 3.8) is 0 Å². The van der Waals surface area contributed by atoms with E-state index in [4.69, 9.17) is 0 Å². The Labute approximate surface area is 241 Å². The molecule has 232 valence electrons. The molecule has 3 heterocycles. The number of aryl methyl sites for hydroxylation is 1. The van der Waals surface area contributed by atoms with Gasteiger partial charge in [0.05, 0.1) is 22.2 Å². The number of nitrogens with zero attached hydrogens (tertiary/aromatic N) is 3. The maximum atomic E-state index is 13.6. The van der Waals surface area contributed by atoms with Crippen molar-refractivity contribution in [2.75, 3.05) is 18.4 Å². The molecular weight excluding hydrogens is 569 g/mol. The standard InChI is InChI=1S/C18H21F5N4O2S.C7H13NO.C2H6/c1-8-13(30-16(26-8)15(28)27-9(2)17(3,4)29)11-6-24-12(5-10(11)14(19)20)25-7-18(21,22)23;1-7-4-2-3-5-8(7)6-9;1-2/h5-6,9,14,29H,7H2,1-4H3,(H,24,25)(H,27,28);6-7H,2-5H2,1H3;1-2H3. The van der Waals surface area contributed by atoms with E-state index in [0.717, 1.165) is 36.6 Å². The van der Waals surface area contributed by atoms with Gasteiger partial charge in [0.25, 0.3) is 12.3 Å². The van der Waals surface area contributed by atoms with Gasteiger partial charge in [-0.25, -0.2) is 18.7 Å². The van der Waals surface area contributed by atoms with Crippen LogP contribution in [-0.2, 0) is 4.79 Å². The van der Waals surface area contributed by atoms with Crippen LogP contribution in [0.4, 0.5) is 27.8 Å². The third-order valence-corrected chi connectivity index (χ3v) is 7.46. The average molecular weight is 610 g/mol. The maximum absolute atomic E-state index is 13.6. The Morgan fingerprint density at radius 1 is 1.27 bits per heavy atom. The number of nitrogens with one attached hydrogen (secondary N) is 2. The molecule has 0 aromatic carbocycles. The number of rotatable bonds is 8. The minimum Gasteiger partial charge on any atom is -0.388 e. The highest BCUT2D eigenvalue weighted by atomic mass is 32.1. The maximum Gasteiger partial charge on any atom is 0.405 e. The number of likely N-dealkylation sites (tertiary alicyclic amines) is 1. The van der Waals surface area contributed by atoms with Gasteiger partial charge >= 0.3 is 6.18 Å². The lowest BCUT2D eigenvalue weighted by Gasteiger charge is -2.29. The minimum atomic E-state index is -4.53. The lowest BCUT2D eigenvalue weighted by atomic mass is 10.0. The molecule has 2 atom stereocenters. The first kappa shape index (κ1) is 36.2. The van der Waals surface area contributed by atoms with E-state index < -0.39 is 42.3 Å². The van der Waals surface area contributed by atoms with Crippen molar-refractivity contribution in [1.29, 1.82) is 0 Å². The molecule has 41 heavy (non-hydrogen) atoms. The van der Waals surface area contributed by atoms with Gasteiger partial charge in [0.1, 0.15) is 12.4 Å². The number of aliphatic hydroxyl groups is 1. The Balaban J connectivity index is 0.000000641. The number of piperidine rings is 1. The molecule has 8 nitrogen and oxygen atoms in total. The van der Waals surface area contributed by atoms with E-state index in [9.17, 15) is 36.6 Å². The van der Waals surface area contributed by atoms with Gasteiger partial charge in [-0.1, -0.05) is 13.8 Å². The second kappa shape index (κ2) is 15.9. The largest absolute Gasteiger partial charge is 0.405 e. The molecule has 3 N–H and O–H groups in total. The Morgan fingerprint density at radius 3 is 2.39 bits per heavy atom. The summed E-state index contributed by atoms with van der Waals surface area (Å²) in [5, 5.41) is 14.5. The van der Waals surface area contributed by atoms with Crippen LogP contribution in [0.2, 0.25) is 0 Å². The van der Waals surface area contributed by atoms with Crippen LogP contribution in [0.3, 0.4) is 0 Å². The van der Waals surface area contributed by atoms with Crippen molar-refractivity contribution < 1.29 is 36.6 Å². The highest BCUT2D eigenvalue weighted by Crippen LogP contribution is 2.37. The van der Waals surface area contributed by atoms with Gasteiger partial charge in [0.15, 0.2) is 5.01 Å². The molecule has 0 bridgehead atoms. The number of aromatic nitrogens is 2.